The van der Waals surface area contributed by atoms with E-state index in [-0.39, 0.29) is 11.7 Å². The van der Waals surface area contributed by atoms with Gasteiger partial charge in [-0.3, -0.25) is 4.79 Å². The summed E-state index contributed by atoms with van der Waals surface area (Å²) in [5, 5.41) is 4.53. The molecule has 0 spiro atoms. The van der Waals surface area contributed by atoms with Crippen molar-refractivity contribution in [2.24, 2.45) is 5.10 Å². The first-order chi connectivity index (χ1) is 15.0. The minimum atomic E-state index is -0.524. The van der Waals surface area contributed by atoms with E-state index in [2.05, 4.69) is 33.1 Å². The van der Waals surface area contributed by atoms with Gasteiger partial charge in [0.1, 0.15) is 0 Å². The van der Waals surface area contributed by atoms with Gasteiger partial charge in [0.05, 0.1) is 23.9 Å². The first-order valence-corrected chi connectivity index (χ1v) is 10.8. The lowest BCUT2D eigenvalue weighted by Crippen LogP contribution is -2.18. The van der Waals surface area contributed by atoms with Crippen molar-refractivity contribution >= 4 is 52.3 Å². The van der Waals surface area contributed by atoms with Crippen molar-refractivity contribution in [1.29, 1.82) is 0 Å². The van der Waals surface area contributed by atoms with E-state index in [0.29, 0.717) is 34.1 Å². The molecule has 31 heavy (non-hydrogen) atoms. The topological polar surface area (TPSA) is 77.0 Å². The Morgan fingerprint density at radius 2 is 1.81 bits per heavy atom. The van der Waals surface area contributed by atoms with E-state index in [1.54, 1.807) is 54.6 Å². The number of hydrogen-bond donors (Lipinski definition) is 1. The van der Waals surface area contributed by atoms with Crippen LogP contribution in [0.2, 0.25) is 5.02 Å². The number of rotatable bonds is 7. The van der Waals surface area contributed by atoms with Crippen molar-refractivity contribution < 1.29 is 19.1 Å². The van der Waals surface area contributed by atoms with E-state index in [4.69, 9.17) is 21.1 Å². The van der Waals surface area contributed by atoms with E-state index in [9.17, 15) is 9.59 Å². The first-order valence-electron chi connectivity index (χ1n) is 9.30. The van der Waals surface area contributed by atoms with Gasteiger partial charge in [-0.05, 0) is 89.7 Å². The molecule has 0 atom stereocenters. The Labute approximate surface area is 198 Å². The fourth-order valence-corrected chi connectivity index (χ4v) is 3.33. The third-order valence-corrected chi connectivity index (χ3v) is 5.24. The number of hydrazone groups is 1. The Kier molecular flexibility index (Phi) is 8.02. The fourth-order valence-electron chi connectivity index (χ4n) is 2.57. The standard InChI is InChI=1S/C23H18ClIN2O4/c1-2-30-21-13-15(14-26-27-22(28)18-5-3-4-6-19(18)25)7-12-20(21)31-23(29)16-8-10-17(24)11-9-16/h3-14H,2H2,1H3,(H,27,28). The van der Waals surface area contributed by atoms with Crippen LogP contribution < -0.4 is 14.9 Å². The number of esters is 1. The van der Waals surface area contributed by atoms with Gasteiger partial charge in [0, 0.05) is 8.59 Å². The summed E-state index contributed by atoms with van der Waals surface area (Å²) in [5.41, 5.74) is 4.08. The summed E-state index contributed by atoms with van der Waals surface area (Å²) < 4.78 is 11.9. The Balaban J connectivity index is 1.71. The van der Waals surface area contributed by atoms with E-state index in [1.165, 1.54) is 6.21 Å². The summed E-state index contributed by atoms with van der Waals surface area (Å²) in [7, 11) is 0. The zero-order chi connectivity index (χ0) is 22.2. The molecule has 1 N–H and O–H groups in total. The summed E-state index contributed by atoms with van der Waals surface area (Å²) in [6, 6.07) is 18.6. The second-order valence-electron chi connectivity index (χ2n) is 6.21. The minimum absolute atomic E-state index is 0.279. The molecule has 0 saturated carbocycles. The van der Waals surface area contributed by atoms with Crippen LogP contribution in [0.15, 0.2) is 71.8 Å². The van der Waals surface area contributed by atoms with Gasteiger partial charge >= 0.3 is 5.97 Å². The molecule has 0 aliphatic rings. The second-order valence-corrected chi connectivity index (χ2v) is 7.81. The van der Waals surface area contributed by atoms with Gasteiger partial charge < -0.3 is 9.47 Å². The average Bonchev–Trinajstić information content (AvgIpc) is 2.76. The van der Waals surface area contributed by atoms with E-state index in [0.717, 1.165) is 3.57 Å². The molecule has 3 aromatic rings. The van der Waals surface area contributed by atoms with Crippen LogP contribution in [-0.4, -0.2) is 24.7 Å². The van der Waals surface area contributed by atoms with Crippen LogP contribution in [0.5, 0.6) is 11.5 Å². The van der Waals surface area contributed by atoms with E-state index in [1.807, 2.05) is 19.1 Å². The summed E-state index contributed by atoms with van der Waals surface area (Å²) in [4.78, 5) is 24.6. The lowest BCUT2D eigenvalue weighted by molar-refractivity contribution is 0.0728. The van der Waals surface area contributed by atoms with Crippen LogP contribution in [0.25, 0.3) is 0 Å². The molecular weight excluding hydrogens is 531 g/mol. The summed E-state index contributed by atoms with van der Waals surface area (Å²) in [6.07, 6.45) is 1.49. The van der Waals surface area contributed by atoms with Crippen molar-refractivity contribution in [2.45, 2.75) is 6.92 Å². The van der Waals surface area contributed by atoms with Crippen molar-refractivity contribution in [3.63, 3.8) is 0 Å². The Bertz CT molecular complexity index is 1120. The van der Waals surface area contributed by atoms with Crippen molar-refractivity contribution in [3.8, 4) is 11.5 Å². The van der Waals surface area contributed by atoms with Crippen LogP contribution in [0, 0.1) is 3.57 Å². The number of amides is 1. The molecule has 1 amide bonds. The monoisotopic (exact) mass is 548 g/mol. The molecule has 0 aliphatic heterocycles. The lowest BCUT2D eigenvalue weighted by Gasteiger charge is -2.11. The molecule has 158 valence electrons. The molecule has 3 rings (SSSR count). The van der Waals surface area contributed by atoms with Crippen LogP contribution in [0.1, 0.15) is 33.2 Å². The molecule has 8 heteroatoms. The van der Waals surface area contributed by atoms with Crippen molar-refractivity contribution in [3.05, 3.63) is 92.0 Å². The van der Waals surface area contributed by atoms with Gasteiger partial charge in [0.2, 0.25) is 0 Å². The zero-order valence-corrected chi connectivity index (χ0v) is 19.4. The maximum Gasteiger partial charge on any atom is 0.343 e. The smallest absolute Gasteiger partial charge is 0.343 e. The largest absolute Gasteiger partial charge is 0.490 e. The van der Waals surface area contributed by atoms with Crippen molar-refractivity contribution in [1.82, 2.24) is 5.43 Å². The second kappa shape index (κ2) is 10.9. The molecule has 0 saturated heterocycles. The fraction of sp³-hybridized carbons (Fsp3) is 0.0870. The number of benzene rings is 3. The lowest BCUT2D eigenvalue weighted by atomic mass is 10.2. The average molecular weight is 549 g/mol. The number of nitrogens with zero attached hydrogens (tertiary/aromatic N) is 1. The SMILES string of the molecule is CCOc1cc(C=NNC(=O)c2ccccc2I)ccc1OC(=O)c1ccc(Cl)cc1. The third-order valence-electron chi connectivity index (χ3n) is 4.05. The van der Waals surface area contributed by atoms with Crippen LogP contribution in [0.3, 0.4) is 0 Å². The number of ether oxygens (including phenoxy) is 2. The summed E-state index contributed by atoms with van der Waals surface area (Å²) in [5.74, 6) is -0.164. The highest BCUT2D eigenvalue weighted by Gasteiger charge is 2.13. The molecule has 0 unspecified atom stereocenters. The molecule has 0 aromatic heterocycles. The van der Waals surface area contributed by atoms with Gasteiger partial charge in [-0.15, -0.1) is 0 Å². The van der Waals surface area contributed by atoms with Gasteiger partial charge in [-0.25, -0.2) is 10.2 Å². The number of nitrogens with one attached hydrogen (secondary N) is 1. The molecule has 0 heterocycles. The number of hydrogen-bond acceptors (Lipinski definition) is 5. The molecule has 0 fully saturated rings. The molecular formula is C23H18ClIN2O4. The molecule has 6 nitrogen and oxygen atoms in total. The molecule has 3 aromatic carbocycles. The summed E-state index contributed by atoms with van der Waals surface area (Å²) >= 11 is 7.95. The third kappa shape index (κ3) is 6.28. The Hall–Kier alpha value is -2.91. The zero-order valence-electron chi connectivity index (χ0n) is 16.5. The van der Waals surface area contributed by atoms with Crippen LogP contribution >= 0.6 is 34.2 Å². The highest BCUT2D eigenvalue weighted by atomic mass is 127. The van der Waals surface area contributed by atoms with Crippen LogP contribution in [-0.2, 0) is 0 Å². The predicted molar refractivity (Wildman–Crippen MR) is 128 cm³/mol. The van der Waals surface area contributed by atoms with Gasteiger partial charge in [0.15, 0.2) is 11.5 Å². The predicted octanol–water partition coefficient (Wildman–Crippen LogP) is 5.33. The maximum absolute atomic E-state index is 12.4. The molecule has 0 aliphatic carbocycles. The van der Waals surface area contributed by atoms with Gasteiger partial charge in [0.25, 0.3) is 5.91 Å². The van der Waals surface area contributed by atoms with Crippen molar-refractivity contribution in [2.75, 3.05) is 6.61 Å². The molecule has 0 radical (unpaired) electrons. The van der Waals surface area contributed by atoms with Gasteiger partial charge in [-0.2, -0.15) is 5.10 Å². The summed E-state index contributed by atoms with van der Waals surface area (Å²) in [6.45, 7) is 2.21. The Morgan fingerprint density at radius 3 is 2.52 bits per heavy atom. The number of carbonyl (C=O) groups is 2. The normalized spacial score (nSPS) is 10.7. The Morgan fingerprint density at radius 1 is 1.06 bits per heavy atom. The quantitative estimate of drug-likeness (QED) is 0.142. The highest BCUT2D eigenvalue weighted by Crippen LogP contribution is 2.29. The van der Waals surface area contributed by atoms with E-state index < -0.39 is 5.97 Å². The maximum atomic E-state index is 12.4. The van der Waals surface area contributed by atoms with E-state index >= 15 is 0 Å². The minimum Gasteiger partial charge on any atom is -0.490 e. The van der Waals surface area contributed by atoms with Gasteiger partial charge in [-0.1, -0.05) is 23.7 Å². The van der Waals surface area contributed by atoms with Crippen LogP contribution in [0.4, 0.5) is 0 Å². The first kappa shape index (κ1) is 22.8. The molecule has 0 bridgehead atoms. The highest BCUT2D eigenvalue weighted by molar-refractivity contribution is 14.1. The number of carbonyl (C=O) groups excluding carboxylic acids is 2. The number of halogens is 2.